The number of methoxy groups -OCH3 is 1. The van der Waals surface area contributed by atoms with Crippen LogP contribution in [0.3, 0.4) is 0 Å². The highest BCUT2D eigenvalue weighted by Crippen LogP contribution is 2.28. The molecule has 0 bridgehead atoms. The molecule has 2 amide bonds. The van der Waals surface area contributed by atoms with Gasteiger partial charge in [-0.25, -0.2) is 0 Å². The zero-order chi connectivity index (χ0) is 14.7. The summed E-state index contributed by atoms with van der Waals surface area (Å²) in [7, 11) is 1.71. The van der Waals surface area contributed by atoms with Crippen LogP contribution >= 0.6 is 0 Å². The Morgan fingerprint density at radius 3 is 2.80 bits per heavy atom. The Balaban J connectivity index is 2.18. The molecule has 20 heavy (non-hydrogen) atoms. The molecule has 5 nitrogen and oxygen atoms in total. The first-order valence-electron chi connectivity index (χ1n) is 7.71. The molecule has 4 unspecified atom stereocenters. The van der Waals surface area contributed by atoms with Crippen LogP contribution in [0.1, 0.15) is 46.0 Å². The average molecular weight is 282 g/mol. The van der Waals surface area contributed by atoms with Gasteiger partial charge in [0.05, 0.1) is 12.1 Å². The van der Waals surface area contributed by atoms with Crippen LogP contribution in [0.5, 0.6) is 0 Å². The van der Waals surface area contributed by atoms with E-state index in [1.807, 2.05) is 18.7 Å². The first-order chi connectivity index (χ1) is 9.58. The Kier molecular flexibility index (Phi) is 5.02. The molecule has 2 rings (SSSR count). The maximum atomic E-state index is 12.8. The summed E-state index contributed by atoms with van der Waals surface area (Å²) < 4.78 is 5.52. The maximum absolute atomic E-state index is 12.8. The van der Waals surface area contributed by atoms with Crippen molar-refractivity contribution in [2.24, 2.45) is 5.92 Å². The zero-order valence-corrected chi connectivity index (χ0v) is 12.7. The van der Waals surface area contributed by atoms with Gasteiger partial charge in [0, 0.05) is 20.1 Å². The molecule has 1 saturated carbocycles. The van der Waals surface area contributed by atoms with Gasteiger partial charge < -0.3 is 15.0 Å². The molecule has 0 aromatic carbocycles. The summed E-state index contributed by atoms with van der Waals surface area (Å²) in [4.78, 5) is 26.5. The highest BCUT2D eigenvalue weighted by atomic mass is 16.5. The third-order valence-corrected chi connectivity index (χ3v) is 4.78. The van der Waals surface area contributed by atoms with Gasteiger partial charge in [0.25, 0.3) is 0 Å². The van der Waals surface area contributed by atoms with Gasteiger partial charge in [0.1, 0.15) is 6.04 Å². The van der Waals surface area contributed by atoms with Gasteiger partial charge in [-0.2, -0.15) is 0 Å². The van der Waals surface area contributed by atoms with Crippen LogP contribution in [0.4, 0.5) is 0 Å². The fraction of sp³-hybridized carbons (Fsp3) is 0.867. The number of hydrogen-bond acceptors (Lipinski definition) is 3. The molecule has 0 aromatic heterocycles. The molecule has 1 N–H and O–H groups in total. The minimum Gasteiger partial charge on any atom is -0.379 e. The van der Waals surface area contributed by atoms with E-state index in [1.54, 1.807) is 7.11 Å². The van der Waals surface area contributed by atoms with Gasteiger partial charge in [-0.1, -0.05) is 20.3 Å². The second-order valence-electron chi connectivity index (χ2n) is 5.98. The molecule has 2 fully saturated rings. The van der Waals surface area contributed by atoms with Crippen molar-refractivity contribution < 1.29 is 14.3 Å². The lowest BCUT2D eigenvalue weighted by Crippen LogP contribution is -2.53. The minimum absolute atomic E-state index is 0.0156. The lowest BCUT2D eigenvalue weighted by Gasteiger charge is -2.34. The number of nitrogens with one attached hydrogen (secondary N) is 1. The predicted octanol–water partition coefficient (Wildman–Crippen LogP) is 1.32. The van der Waals surface area contributed by atoms with Crippen molar-refractivity contribution in [3.8, 4) is 0 Å². The molecule has 114 valence electrons. The number of hydrogen-bond donors (Lipinski definition) is 1. The number of carbonyl (C=O) groups excluding carboxylic acids is 2. The van der Waals surface area contributed by atoms with Crippen LogP contribution in [0.15, 0.2) is 0 Å². The minimum atomic E-state index is -0.381. The van der Waals surface area contributed by atoms with Crippen LogP contribution in [0.25, 0.3) is 0 Å². The lowest BCUT2D eigenvalue weighted by molar-refractivity contribution is -0.139. The fourth-order valence-corrected chi connectivity index (χ4v) is 3.31. The van der Waals surface area contributed by atoms with E-state index in [1.165, 1.54) is 0 Å². The van der Waals surface area contributed by atoms with Gasteiger partial charge in [-0.05, 0) is 25.2 Å². The summed E-state index contributed by atoms with van der Waals surface area (Å²) in [6.45, 7) is 4.59. The van der Waals surface area contributed by atoms with E-state index in [4.69, 9.17) is 4.74 Å². The van der Waals surface area contributed by atoms with E-state index in [0.29, 0.717) is 13.0 Å². The predicted molar refractivity (Wildman–Crippen MR) is 76.2 cm³/mol. The Labute approximate surface area is 121 Å². The number of carbonyl (C=O) groups is 2. The van der Waals surface area contributed by atoms with Crippen molar-refractivity contribution >= 4 is 11.8 Å². The molecule has 0 spiro atoms. The molecule has 5 heteroatoms. The third kappa shape index (κ3) is 2.97. The monoisotopic (exact) mass is 282 g/mol. The van der Waals surface area contributed by atoms with E-state index in [0.717, 1.165) is 25.7 Å². The Morgan fingerprint density at radius 2 is 2.15 bits per heavy atom. The molecule has 1 aliphatic carbocycles. The van der Waals surface area contributed by atoms with Crippen molar-refractivity contribution in [1.29, 1.82) is 0 Å². The normalized spacial score (nSPS) is 33.0. The molecule has 2 aliphatic rings. The number of rotatable bonds is 4. The van der Waals surface area contributed by atoms with E-state index >= 15 is 0 Å². The molecular weight excluding hydrogens is 256 g/mol. The molecule has 1 saturated heterocycles. The summed E-state index contributed by atoms with van der Waals surface area (Å²) in [5.74, 6) is 0.215. The van der Waals surface area contributed by atoms with E-state index in [9.17, 15) is 9.59 Å². The van der Waals surface area contributed by atoms with Crippen LogP contribution < -0.4 is 5.32 Å². The van der Waals surface area contributed by atoms with E-state index in [-0.39, 0.29) is 35.9 Å². The topological polar surface area (TPSA) is 58.6 Å². The van der Waals surface area contributed by atoms with Gasteiger partial charge >= 0.3 is 0 Å². The first kappa shape index (κ1) is 15.3. The summed E-state index contributed by atoms with van der Waals surface area (Å²) in [6.07, 6.45) is 4.45. The smallest absolute Gasteiger partial charge is 0.245 e. The molecule has 0 aromatic rings. The van der Waals surface area contributed by atoms with Crippen LogP contribution in [0, 0.1) is 5.92 Å². The van der Waals surface area contributed by atoms with E-state index < -0.39 is 0 Å². The quantitative estimate of drug-likeness (QED) is 0.846. The largest absolute Gasteiger partial charge is 0.379 e. The van der Waals surface area contributed by atoms with Crippen LogP contribution in [-0.2, 0) is 14.3 Å². The number of amides is 2. The molecule has 1 aliphatic heterocycles. The lowest BCUT2D eigenvalue weighted by atomic mass is 9.97. The van der Waals surface area contributed by atoms with E-state index in [2.05, 4.69) is 5.32 Å². The van der Waals surface area contributed by atoms with Crippen molar-refractivity contribution in [2.45, 2.75) is 64.1 Å². The SMILES string of the molecule is CCC(C)C1NC(=O)CCN(C2CCCC2OC)C1=O. The number of nitrogens with zero attached hydrogens (tertiary/aromatic N) is 1. The summed E-state index contributed by atoms with van der Waals surface area (Å²) >= 11 is 0. The van der Waals surface area contributed by atoms with Crippen LogP contribution in [-0.4, -0.2) is 48.6 Å². The summed E-state index contributed by atoms with van der Waals surface area (Å²) in [5.41, 5.74) is 0. The Morgan fingerprint density at radius 1 is 1.40 bits per heavy atom. The molecule has 0 radical (unpaired) electrons. The van der Waals surface area contributed by atoms with Gasteiger partial charge in [0.2, 0.25) is 11.8 Å². The van der Waals surface area contributed by atoms with Gasteiger partial charge in [-0.3, -0.25) is 9.59 Å². The summed E-state index contributed by atoms with van der Waals surface area (Å²) in [6, 6.07) is -0.250. The standard InChI is InChI=1S/C15H26N2O3/c1-4-10(2)14-15(19)17(9-8-13(18)16-14)11-6-5-7-12(11)20-3/h10-12,14H,4-9H2,1-3H3,(H,16,18). The molecule has 1 heterocycles. The van der Waals surface area contributed by atoms with Crippen molar-refractivity contribution in [1.82, 2.24) is 10.2 Å². The van der Waals surface area contributed by atoms with Crippen molar-refractivity contribution in [3.05, 3.63) is 0 Å². The summed E-state index contributed by atoms with van der Waals surface area (Å²) in [5, 5.41) is 2.89. The Hall–Kier alpha value is -1.10. The Bertz CT molecular complexity index is 372. The van der Waals surface area contributed by atoms with Gasteiger partial charge in [-0.15, -0.1) is 0 Å². The highest BCUT2D eigenvalue weighted by Gasteiger charge is 2.40. The fourth-order valence-electron chi connectivity index (χ4n) is 3.31. The van der Waals surface area contributed by atoms with Crippen molar-refractivity contribution in [3.63, 3.8) is 0 Å². The number of ether oxygens (including phenoxy) is 1. The average Bonchev–Trinajstić information content (AvgIpc) is 2.86. The highest BCUT2D eigenvalue weighted by molar-refractivity contribution is 5.90. The second-order valence-corrected chi connectivity index (χ2v) is 5.98. The first-order valence-corrected chi connectivity index (χ1v) is 7.71. The van der Waals surface area contributed by atoms with Crippen LogP contribution in [0.2, 0.25) is 0 Å². The molecule has 4 atom stereocenters. The molecular formula is C15H26N2O3. The zero-order valence-electron chi connectivity index (χ0n) is 12.7. The third-order valence-electron chi connectivity index (χ3n) is 4.78. The maximum Gasteiger partial charge on any atom is 0.245 e. The van der Waals surface area contributed by atoms with Gasteiger partial charge in [0.15, 0.2) is 0 Å². The van der Waals surface area contributed by atoms with Crippen molar-refractivity contribution in [2.75, 3.05) is 13.7 Å². The second kappa shape index (κ2) is 6.57.